The summed E-state index contributed by atoms with van der Waals surface area (Å²) in [6, 6.07) is 16.8. The average molecular weight is 567 g/mol. The number of aromatic nitrogens is 2. The molecule has 1 atom stereocenters. The fourth-order valence-electron chi connectivity index (χ4n) is 4.80. The average Bonchev–Trinajstić information content (AvgIpc) is 3.80. The molecule has 10 nitrogen and oxygen atoms in total. The number of morpholine rings is 1. The van der Waals surface area contributed by atoms with Gasteiger partial charge in [0, 0.05) is 30.4 Å². The van der Waals surface area contributed by atoms with Gasteiger partial charge < -0.3 is 20.3 Å². The maximum absolute atomic E-state index is 12.3. The van der Waals surface area contributed by atoms with E-state index in [4.69, 9.17) is 20.0 Å². The van der Waals surface area contributed by atoms with Crippen LogP contribution >= 0.6 is 10.6 Å². The van der Waals surface area contributed by atoms with E-state index >= 15 is 0 Å². The molecule has 0 radical (unpaired) electrons. The first kappa shape index (κ1) is 27.8. The van der Waals surface area contributed by atoms with Crippen molar-refractivity contribution in [3.63, 3.8) is 0 Å². The molecule has 0 unspecified atom stereocenters. The molecule has 1 aliphatic heterocycles. The highest BCUT2D eigenvalue weighted by Gasteiger charge is 2.57. The minimum atomic E-state index is -3.32. The largest absolute Gasteiger partial charge is 0.377 e. The molecule has 2 fully saturated rings. The molecule has 4 N–H and O–H groups in total. The molecule has 2 aromatic carbocycles. The Kier molecular flexibility index (Phi) is 7.91. The number of hydrogen-bond donors (Lipinski definition) is 4. The summed E-state index contributed by atoms with van der Waals surface area (Å²) in [4.78, 5) is 24.1. The first-order chi connectivity index (χ1) is 19.3. The molecule has 3 aromatic rings. The number of carbonyl (C=O) groups excluding carboxylic acids is 1. The lowest BCUT2D eigenvalue weighted by molar-refractivity contribution is 0.0985. The molecule has 12 heteroatoms. The number of halogens is 1. The van der Waals surface area contributed by atoms with E-state index in [9.17, 15) is 18.3 Å². The summed E-state index contributed by atoms with van der Waals surface area (Å²) in [5.41, 5.74) is 2.19. The number of rotatable bonds is 8. The van der Waals surface area contributed by atoms with E-state index in [1.54, 1.807) is 48.5 Å². The Labute approximate surface area is 233 Å². The van der Waals surface area contributed by atoms with Crippen LogP contribution < -0.4 is 15.5 Å². The van der Waals surface area contributed by atoms with Gasteiger partial charge in [-0.25, -0.2) is 19.2 Å². The number of hydrogen-bond acceptors (Lipinski definition) is 8. The van der Waals surface area contributed by atoms with Crippen molar-refractivity contribution >= 4 is 28.1 Å². The monoisotopic (exact) mass is 566 g/mol. The zero-order valence-corrected chi connectivity index (χ0v) is 22.8. The Bertz CT molecular complexity index is 1410. The molecular formula is C28H31FN6O4S. The topological polar surface area (TPSA) is 144 Å². The summed E-state index contributed by atoms with van der Waals surface area (Å²) in [6.07, 6.45) is 1.08. The number of benzene rings is 2. The van der Waals surface area contributed by atoms with Crippen LogP contribution in [0, 0.1) is 11.3 Å². The lowest BCUT2D eigenvalue weighted by Crippen LogP contribution is -2.44. The highest BCUT2D eigenvalue weighted by Crippen LogP contribution is 2.75. The Morgan fingerprint density at radius 1 is 1.20 bits per heavy atom. The number of alkyl halides is 1. The highest BCUT2D eigenvalue weighted by atomic mass is 32.3. The van der Waals surface area contributed by atoms with Crippen molar-refractivity contribution in [3.05, 3.63) is 65.9 Å². The van der Waals surface area contributed by atoms with Crippen molar-refractivity contribution in [2.75, 3.05) is 43.2 Å². The summed E-state index contributed by atoms with van der Waals surface area (Å²) in [6.45, 7) is 3.05. The number of nitrogens with zero attached hydrogens (tertiary/aromatic N) is 4. The molecule has 40 heavy (non-hydrogen) atoms. The van der Waals surface area contributed by atoms with Crippen LogP contribution in [-0.2, 0) is 9.48 Å². The second-order valence-electron chi connectivity index (χ2n) is 9.88. The van der Waals surface area contributed by atoms with E-state index in [1.165, 1.54) is 0 Å². The van der Waals surface area contributed by atoms with Crippen LogP contribution in [-0.4, -0.2) is 64.1 Å². The lowest BCUT2D eigenvalue weighted by Gasteiger charge is -2.41. The number of anilines is 2. The summed E-state index contributed by atoms with van der Waals surface area (Å²) in [5.74, 6) is 1.09. The third kappa shape index (κ3) is 5.46. The predicted octanol–water partition coefficient (Wildman–Crippen LogP) is 5.13. The van der Waals surface area contributed by atoms with Crippen LogP contribution in [0.2, 0.25) is 0 Å². The van der Waals surface area contributed by atoms with Crippen LogP contribution in [0.25, 0.3) is 11.4 Å². The minimum Gasteiger partial charge on any atom is -0.377 e. The zero-order chi connectivity index (χ0) is 28.3. The molecule has 2 heterocycles. The standard InChI is InChI=1S/C28H31FN6O4S/c1-19-18-39-15-14-35(19)25-16-24(28(10-11-28)40(37,38)23-8-2-20(17-30)3-9-23)33-26(34-25)21-4-6-22(7-5-21)32-27(36)31-13-12-29/h2-9,16,19,37-38H,10-15,18H2,1H3,(H2,31,32,36)/t19-/m0/s1. The molecule has 1 aliphatic carbocycles. The minimum absolute atomic E-state index is 0.0628. The molecule has 0 bridgehead atoms. The van der Waals surface area contributed by atoms with Crippen molar-refractivity contribution in [1.29, 1.82) is 5.26 Å². The van der Waals surface area contributed by atoms with Gasteiger partial charge in [0.1, 0.15) is 17.2 Å². The predicted molar refractivity (Wildman–Crippen MR) is 151 cm³/mol. The second kappa shape index (κ2) is 11.4. The number of carbonyl (C=O) groups is 1. The van der Waals surface area contributed by atoms with Crippen molar-refractivity contribution in [2.24, 2.45) is 0 Å². The lowest BCUT2D eigenvalue weighted by atomic mass is 10.1. The Morgan fingerprint density at radius 2 is 1.93 bits per heavy atom. The smallest absolute Gasteiger partial charge is 0.319 e. The SMILES string of the molecule is C[C@H]1COCCN1c1cc(C2(S(O)(O)c3ccc(C#N)cc3)CC2)nc(-c2ccc(NC(=O)NCCF)cc2)n1. The normalized spacial score (nSPS) is 18.5. The third-order valence-corrected chi connectivity index (χ3v) is 9.82. The quantitative estimate of drug-likeness (QED) is 0.294. The number of amides is 2. The van der Waals surface area contributed by atoms with E-state index in [0.717, 1.165) is 0 Å². The third-order valence-electron chi connectivity index (χ3n) is 7.18. The maximum Gasteiger partial charge on any atom is 0.319 e. The number of urea groups is 1. The van der Waals surface area contributed by atoms with E-state index in [-0.39, 0.29) is 12.6 Å². The number of nitriles is 1. The van der Waals surface area contributed by atoms with Gasteiger partial charge in [-0.1, -0.05) is 0 Å². The molecule has 2 amide bonds. The fourth-order valence-corrected chi connectivity index (χ4v) is 6.83. The second-order valence-corrected chi connectivity index (χ2v) is 12.2. The van der Waals surface area contributed by atoms with E-state index in [0.29, 0.717) is 71.6 Å². The van der Waals surface area contributed by atoms with Crippen LogP contribution in [0.15, 0.2) is 59.5 Å². The molecular weight excluding hydrogens is 535 g/mol. The molecule has 1 aromatic heterocycles. The van der Waals surface area contributed by atoms with Crippen molar-refractivity contribution in [1.82, 2.24) is 15.3 Å². The fraction of sp³-hybridized carbons (Fsp3) is 0.357. The van der Waals surface area contributed by atoms with Gasteiger partial charge in [0.15, 0.2) is 5.82 Å². The number of nitrogens with one attached hydrogen (secondary N) is 2. The van der Waals surface area contributed by atoms with Gasteiger partial charge in [0.25, 0.3) is 0 Å². The summed E-state index contributed by atoms with van der Waals surface area (Å²) < 4.78 is 40.1. The molecule has 210 valence electrons. The van der Waals surface area contributed by atoms with Gasteiger partial charge in [-0.15, -0.1) is 0 Å². The van der Waals surface area contributed by atoms with Crippen molar-refractivity contribution < 1.29 is 23.0 Å². The Hall–Kier alpha value is -3.76. The van der Waals surface area contributed by atoms with Crippen LogP contribution in [0.4, 0.5) is 20.7 Å². The summed E-state index contributed by atoms with van der Waals surface area (Å²) in [7, 11) is -3.32. The van der Waals surface area contributed by atoms with Gasteiger partial charge in [-0.05, 0) is 68.3 Å². The van der Waals surface area contributed by atoms with Gasteiger partial charge in [0.05, 0.1) is 41.5 Å². The van der Waals surface area contributed by atoms with Crippen LogP contribution in [0.5, 0.6) is 0 Å². The van der Waals surface area contributed by atoms with Crippen molar-refractivity contribution in [2.45, 2.75) is 35.4 Å². The van der Waals surface area contributed by atoms with Crippen LogP contribution in [0.1, 0.15) is 31.0 Å². The first-order valence-electron chi connectivity index (χ1n) is 13.0. The van der Waals surface area contributed by atoms with Gasteiger partial charge in [-0.3, -0.25) is 9.11 Å². The highest BCUT2D eigenvalue weighted by molar-refractivity contribution is 8.25. The molecule has 2 aliphatic rings. The van der Waals surface area contributed by atoms with Crippen LogP contribution in [0.3, 0.4) is 0 Å². The van der Waals surface area contributed by atoms with E-state index < -0.39 is 28.0 Å². The van der Waals surface area contributed by atoms with Gasteiger partial charge in [-0.2, -0.15) is 15.9 Å². The first-order valence-corrected chi connectivity index (χ1v) is 14.6. The van der Waals surface area contributed by atoms with Gasteiger partial charge in [0.2, 0.25) is 0 Å². The van der Waals surface area contributed by atoms with Gasteiger partial charge >= 0.3 is 6.03 Å². The molecule has 0 spiro atoms. The molecule has 1 saturated heterocycles. The Morgan fingerprint density at radius 3 is 2.55 bits per heavy atom. The van der Waals surface area contributed by atoms with E-state index in [1.807, 2.05) is 13.0 Å². The number of ether oxygens (including phenoxy) is 1. The molecule has 1 saturated carbocycles. The van der Waals surface area contributed by atoms with Crippen molar-refractivity contribution in [3.8, 4) is 17.5 Å². The summed E-state index contributed by atoms with van der Waals surface area (Å²) in [5, 5.41) is 14.2. The summed E-state index contributed by atoms with van der Waals surface area (Å²) >= 11 is 0. The molecule has 5 rings (SSSR count). The maximum atomic E-state index is 12.3. The zero-order valence-electron chi connectivity index (χ0n) is 22.0. The van der Waals surface area contributed by atoms with E-state index in [2.05, 4.69) is 21.6 Å². The Balaban J connectivity index is 1.52.